The number of carbonyl (C=O) groups is 2. The summed E-state index contributed by atoms with van der Waals surface area (Å²) >= 11 is 0. The molecule has 1 aromatic carbocycles. The smallest absolute Gasteiger partial charge is 0.254 e. The van der Waals surface area contributed by atoms with Gasteiger partial charge in [-0.3, -0.25) is 9.59 Å². The molecule has 1 aliphatic heterocycles. The lowest BCUT2D eigenvalue weighted by molar-refractivity contribution is -0.123. The van der Waals surface area contributed by atoms with Crippen LogP contribution < -0.4 is 5.32 Å². The first-order valence-electron chi connectivity index (χ1n) is 8.83. The van der Waals surface area contributed by atoms with Crippen LogP contribution in [0.2, 0.25) is 0 Å². The molecule has 0 saturated heterocycles. The van der Waals surface area contributed by atoms with Crippen LogP contribution in [0.15, 0.2) is 24.3 Å². The van der Waals surface area contributed by atoms with Gasteiger partial charge in [0.15, 0.2) is 0 Å². The van der Waals surface area contributed by atoms with Gasteiger partial charge in [-0.1, -0.05) is 37.5 Å². The number of nitrogens with zero attached hydrogens (tertiary/aromatic N) is 1. The number of hydrogen-bond acceptors (Lipinski definition) is 3. The van der Waals surface area contributed by atoms with Crippen molar-refractivity contribution in [2.45, 2.75) is 51.2 Å². The van der Waals surface area contributed by atoms with Crippen molar-refractivity contribution >= 4 is 11.8 Å². The number of amides is 2. The van der Waals surface area contributed by atoms with E-state index < -0.39 is 5.60 Å². The molecule has 130 valence electrons. The van der Waals surface area contributed by atoms with Crippen molar-refractivity contribution < 1.29 is 14.7 Å². The molecule has 1 atom stereocenters. The predicted molar refractivity (Wildman–Crippen MR) is 91.4 cm³/mol. The molecule has 0 radical (unpaired) electrons. The van der Waals surface area contributed by atoms with Gasteiger partial charge in [-0.05, 0) is 37.3 Å². The largest absolute Gasteiger partial charge is 0.388 e. The molecule has 2 amide bonds. The Morgan fingerprint density at radius 1 is 1.29 bits per heavy atom. The van der Waals surface area contributed by atoms with Gasteiger partial charge in [0, 0.05) is 18.7 Å². The van der Waals surface area contributed by atoms with E-state index in [0.29, 0.717) is 12.1 Å². The maximum atomic E-state index is 12.3. The molecule has 1 fully saturated rings. The standard InChI is InChI=1S/C19H26N2O3/c1-19(24,15-8-3-2-4-9-15)13-20-17(22)12-21-11-14-7-5-6-10-16(14)18(21)23/h5-7,10,15,24H,2-4,8-9,11-13H2,1H3,(H,20,22). The zero-order valence-electron chi connectivity index (χ0n) is 14.3. The van der Waals surface area contributed by atoms with Gasteiger partial charge in [0.1, 0.15) is 6.54 Å². The van der Waals surface area contributed by atoms with E-state index in [1.165, 1.54) is 6.42 Å². The molecule has 1 saturated carbocycles. The highest BCUT2D eigenvalue weighted by Crippen LogP contribution is 2.32. The van der Waals surface area contributed by atoms with Crippen LogP contribution in [0.25, 0.3) is 0 Å². The van der Waals surface area contributed by atoms with Crippen molar-refractivity contribution in [1.82, 2.24) is 10.2 Å². The van der Waals surface area contributed by atoms with Gasteiger partial charge in [0.2, 0.25) is 5.91 Å². The highest BCUT2D eigenvalue weighted by atomic mass is 16.3. The molecule has 1 heterocycles. The average Bonchev–Trinajstić information content (AvgIpc) is 2.90. The van der Waals surface area contributed by atoms with E-state index in [1.54, 1.807) is 17.9 Å². The monoisotopic (exact) mass is 330 g/mol. The lowest BCUT2D eigenvalue weighted by atomic mass is 9.78. The van der Waals surface area contributed by atoms with Crippen molar-refractivity contribution in [3.05, 3.63) is 35.4 Å². The van der Waals surface area contributed by atoms with E-state index in [-0.39, 0.29) is 30.8 Å². The second kappa shape index (κ2) is 6.93. The van der Waals surface area contributed by atoms with Crippen LogP contribution in [-0.4, -0.2) is 40.5 Å². The molecule has 1 unspecified atom stereocenters. The Bertz CT molecular complexity index is 621. The molecule has 24 heavy (non-hydrogen) atoms. The molecular formula is C19H26N2O3. The fraction of sp³-hybridized carbons (Fsp3) is 0.579. The summed E-state index contributed by atoms with van der Waals surface area (Å²) in [6.07, 6.45) is 5.56. The Morgan fingerprint density at radius 2 is 2.00 bits per heavy atom. The Kier molecular flexibility index (Phi) is 4.90. The van der Waals surface area contributed by atoms with E-state index in [2.05, 4.69) is 5.32 Å². The molecule has 0 spiro atoms. The second-order valence-electron chi connectivity index (χ2n) is 7.29. The minimum Gasteiger partial charge on any atom is -0.388 e. The third-order valence-corrected chi connectivity index (χ3v) is 5.36. The van der Waals surface area contributed by atoms with E-state index in [9.17, 15) is 14.7 Å². The number of fused-ring (bicyclic) bond motifs is 1. The topological polar surface area (TPSA) is 69.6 Å². The number of aliphatic hydroxyl groups is 1. The highest BCUT2D eigenvalue weighted by molar-refractivity contribution is 6.00. The number of nitrogens with one attached hydrogen (secondary N) is 1. The number of hydrogen-bond donors (Lipinski definition) is 2. The Morgan fingerprint density at radius 3 is 2.71 bits per heavy atom. The van der Waals surface area contributed by atoms with Crippen LogP contribution in [0.3, 0.4) is 0 Å². The van der Waals surface area contributed by atoms with Crippen molar-refractivity contribution in [2.75, 3.05) is 13.1 Å². The van der Waals surface area contributed by atoms with Crippen LogP contribution >= 0.6 is 0 Å². The van der Waals surface area contributed by atoms with Crippen LogP contribution in [0.1, 0.15) is 54.9 Å². The Labute approximate surface area is 143 Å². The summed E-state index contributed by atoms with van der Waals surface area (Å²) in [5.41, 5.74) is 0.762. The fourth-order valence-electron chi connectivity index (χ4n) is 3.82. The second-order valence-corrected chi connectivity index (χ2v) is 7.29. The third-order valence-electron chi connectivity index (χ3n) is 5.36. The summed E-state index contributed by atoms with van der Waals surface area (Å²) in [5, 5.41) is 13.5. The molecule has 5 nitrogen and oxygen atoms in total. The van der Waals surface area contributed by atoms with E-state index in [0.717, 1.165) is 31.2 Å². The Hall–Kier alpha value is -1.88. The normalized spacial score (nSPS) is 20.6. The van der Waals surface area contributed by atoms with Gasteiger partial charge in [-0.2, -0.15) is 0 Å². The van der Waals surface area contributed by atoms with Gasteiger partial charge in [-0.25, -0.2) is 0 Å². The summed E-state index contributed by atoms with van der Waals surface area (Å²) in [7, 11) is 0. The van der Waals surface area contributed by atoms with Crippen LogP contribution in [0, 0.1) is 5.92 Å². The summed E-state index contributed by atoms with van der Waals surface area (Å²) in [6.45, 7) is 2.56. The fourth-order valence-corrected chi connectivity index (χ4v) is 3.82. The molecule has 0 bridgehead atoms. The summed E-state index contributed by atoms with van der Waals surface area (Å²) < 4.78 is 0. The van der Waals surface area contributed by atoms with E-state index in [1.807, 2.05) is 18.2 Å². The molecule has 0 aromatic heterocycles. The summed E-state index contributed by atoms with van der Waals surface area (Å²) in [5.74, 6) is -0.0729. The number of benzene rings is 1. The molecular weight excluding hydrogens is 304 g/mol. The van der Waals surface area contributed by atoms with Crippen LogP contribution in [0.5, 0.6) is 0 Å². The molecule has 2 N–H and O–H groups in total. The minimum atomic E-state index is -0.881. The Balaban J connectivity index is 1.50. The van der Waals surface area contributed by atoms with E-state index in [4.69, 9.17) is 0 Å². The average molecular weight is 330 g/mol. The van der Waals surface area contributed by atoms with Crippen molar-refractivity contribution in [2.24, 2.45) is 5.92 Å². The molecule has 3 rings (SSSR count). The first-order valence-corrected chi connectivity index (χ1v) is 8.83. The van der Waals surface area contributed by atoms with Gasteiger partial charge in [0.25, 0.3) is 5.91 Å². The third kappa shape index (κ3) is 3.61. The van der Waals surface area contributed by atoms with Crippen LogP contribution in [0.4, 0.5) is 0 Å². The number of carbonyl (C=O) groups excluding carboxylic acids is 2. The maximum absolute atomic E-state index is 12.3. The lowest BCUT2D eigenvalue weighted by Gasteiger charge is -2.35. The minimum absolute atomic E-state index is 0.0360. The highest BCUT2D eigenvalue weighted by Gasteiger charge is 2.34. The molecule has 1 aromatic rings. The van der Waals surface area contributed by atoms with Gasteiger partial charge < -0.3 is 15.3 Å². The maximum Gasteiger partial charge on any atom is 0.254 e. The van der Waals surface area contributed by atoms with E-state index >= 15 is 0 Å². The van der Waals surface area contributed by atoms with Crippen molar-refractivity contribution in [1.29, 1.82) is 0 Å². The summed E-state index contributed by atoms with van der Waals surface area (Å²) in [4.78, 5) is 26.0. The van der Waals surface area contributed by atoms with Crippen molar-refractivity contribution in [3.63, 3.8) is 0 Å². The lowest BCUT2D eigenvalue weighted by Crippen LogP contribution is -2.48. The first kappa shape index (κ1) is 17.0. The molecule has 1 aliphatic carbocycles. The zero-order valence-corrected chi connectivity index (χ0v) is 14.3. The van der Waals surface area contributed by atoms with Gasteiger partial charge in [0.05, 0.1) is 5.60 Å². The SMILES string of the molecule is CC(O)(CNC(=O)CN1Cc2ccccc2C1=O)C1CCCCC1. The first-order chi connectivity index (χ1) is 11.5. The van der Waals surface area contributed by atoms with Crippen LogP contribution in [-0.2, 0) is 11.3 Å². The molecule has 5 heteroatoms. The molecule has 2 aliphatic rings. The quantitative estimate of drug-likeness (QED) is 0.868. The van der Waals surface area contributed by atoms with Gasteiger partial charge >= 0.3 is 0 Å². The summed E-state index contributed by atoms with van der Waals surface area (Å²) in [6, 6.07) is 7.45. The van der Waals surface area contributed by atoms with Gasteiger partial charge in [-0.15, -0.1) is 0 Å². The predicted octanol–water partition coefficient (Wildman–Crippen LogP) is 2.09. The zero-order chi connectivity index (χ0) is 17.2. The number of rotatable bonds is 5. The van der Waals surface area contributed by atoms with Crippen molar-refractivity contribution in [3.8, 4) is 0 Å².